The molecule has 3 aliphatic rings. The summed E-state index contributed by atoms with van der Waals surface area (Å²) in [6, 6.07) is 15.2. The number of para-hydroxylation sites is 1. The molecular weight excluding hydrogens is 450 g/mol. The summed E-state index contributed by atoms with van der Waals surface area (Å²) in [5.74, 6) is -0.818. The lowest BCUT2D eigenvalue weighted by Crippen LogP contribution is -2.49. The van der Waals surface area contributed by atoms with Gasteiger partial charge in [0, 0.05) is 55.8 Å². The highest BCUT2D eigenvalue weighted by Crippen LogP contribution is 2.55. The normalized spacial score (nSPS) is 23.4. The van der Waals surface area contributed by atoms with E-state index in [0.29, 0.717) is 18.7 Å². The molecule has 2 aromatic carbocycles. The third-order valence-corrected chi connectivity index (χ3v) is 8.13. The van der Waals surface area contributed by atoms with Gasteiger partial charge in [-0.1, -0.05) is 62.8 Å². The molecular formula is C30H35N3O3. The molecule has 2 N–H and O–H groups in total. The van der Waals surface area contributed by atoms with Gasteiger partial charge >= 0.3 is 5.97 Å². The van der Waals surface area contributed by atoms with Crippen LogP contribution in [0.5, 0.6) is 0 Å². The summed E-state index contributed by atoms with van der Waals surface area (Å²) in [5.41, 5.74) is 5.37. The van der Waals surface area contributed by atoms with Crippen LogP contribution in [0.3, 0.4) is 0 Å². The van der Waals surface area contributed by atoms with Crippen molar-refractivity contribution in [3.63, 3.8) is 0 Å². The van der Waals surface area contributed by atoms with E-state index in [1.807, 2.05) is 35.2 Å². The number of nitrogens with zero attached hydrogens (tertiary/aromatic N) is 2. The van der Waals surface area contributed by atoms with Gasteiger partial charge in [-0.3, -0.25) is 4.79 Å². The van der Waals surface area contributed by atoms with Gasteiger partial charge in [-0.2, -0.15) is 0 Å². The van der Waals surface area contributed by atoms with E-state index in [4.69, 9.17) is 0 Å². The van der Waals surface area contributed by atoms with Crippen molar-refractivity contribution >= 4 is 23.1 Å². The van der Waals surface area contributed by atoms with Gasteiger partial charge in [-0.15, -0.1) is 0 Å². The van der Waals surface area contributed by atoms with Crippen LogP contribution in [0.2, 0.25) is 0 Å². The first-order valence-electron chi connectivity index (χ1n) is 12.8. The van der Waals surface area contributed by atoms with E-state index in [1.54, 1.807) is 12.1 Å². The Labute approximate surface area is 213 Å². The number of nitrogens with one attached hydrogen (secondary N) is 1. The van der Waals surface area contributed by atoms with E-state index in [-0.39, 0.29) is 16.7 Å². The lowest BCUT2D eigenvalue weighted by Gasteiger charge is -2.50. The van der Waals surface area contributed by atoms with Crippen molar-refractivity contribution in [2.75, 3.05) is 44.2 Å². The number of rotatable bonds is 4. The summed E-state index contributed by atoms with van der Waals surface area (Å²) in [6.45, 7) is 11.7. The second-order valence-electron chi connectivity index (χ2n) is 10.9. The van der Waals surface area contributed by atoms with Crippen LogP contribution in [0.4, 0.5) is 5.69 Å². The number of allylic oxidation sites excluding steroid dienone is 2. The van der Waals surface area contributed by atoms with Crippen LogP contribution in [0.15, 0.2) is 66.3 Å². The average Bonchev–Trinajstić information content (AvgIpc) is 2.88. The summed E-state index contributed by atoms with van der Waals surface area (Å²) >= 11 is 0. The van der Waals surface area contributed by atoms with Crippen molar-refractivity contribution < 1.29 is 14.7 Å². The van der Waals surface area contributed by atoms with Gasteiger partial charge in [-0.05, 0) is 41.8 Å². The summed E-state index contributed by atoms with van der Waals surface area (Å²) in [6.07, 6.45) is 5.38. The van der Waals surface area contributed by atoms with Crippen LogP contribution < -0.4 is 10.2 Å². The van der Waals surface area contributed by atoms with Gasteiger partial charge in [0.05, 0.1) is 11.1 Å². The third kappa shape index (κ3) is 4.24. The number of carbonyl (C=O) groups excluding carboxylic acids is 1. The molecule has 36 heavy (non-hydrogen) atoms. The van der Waals surface area contributed by atoms with Gasteiger partial charge in [0.2, 0.25) is 0 Å². The number of carboxylic acid groups (broad SMARTS) is 1. The molecule has 0 spiro atoms. The SMILES string of the molecule is CC1(C)C(c2ccc(C(=O)O)cc2)=CC[C@]2(C)CN(C(=O)c3ccccc3N3CCNCC3)CC=C12. The molecule has 0 saturated carbocycles. The molecule has 2 aromatic rings. The van der Waals surface area contributed by atoms with Gasteiger partial charge in [0.15, 0.2) is 0 Å². The van der Waals surface area contributed by atoms with Crippen LogP contribution in [-0.2, 0) is 0 Å². The highest BCUT2D eigenvalue weighted by molar-refractivity contribution is 6.00. The minimum atomic E-state index is -0.913. The first-order chi connectivity index (χ1) is 17.2. The molecule has 1 atom stereocenters. The van der Waals surface area contributed by atoms with Crippen molar-refractivity contribution in [1.29, 1.82) is 0 Å². The molecule has 1 saturated heterocycles. The Morgan fingerprint density at radius 2 is 1.64 bits per heavy atom. The van der Waals surface area contributed by atoms with Crippen LogP contribution in [0.1, 0.15) is 53.5 Å². The summed E-state index contributed by atoms with van der Waals surface area (Å²) in [4.78, 5) is 29.4. The minimum Gasteiger partial charge on any atom is -0.478 e. The summed E-state index contributed by atoms with van der Waals surface area (Å²) in [7, 11) is 0. The van der Waals surface area contributed by atoms with E-state index in [1.165, 1.54) is 11.1 Å². The first kappa shape index (κ1) is 24.3. The lowest BCUT2D eigenvalue weighted by molar-refractivity contribution is 0.0679. The fraction of sp³-hybridized carbons (Fsp3) is 0.400. The number of anilines is 1. The smallest absolute Gasteiger partial charge is 0.335 e. The Kier molecular flexibility index (Phi) is 6.25. The van der Waals surface area contributed by atoms with Gasteiger partial charge in [0.25, 0.3) is 5.91 Å². The number of carbonyl (C=O) groups is 2. The second-order valence-corrected chi connectivity index (χ2v) is 10.9. The quantitative estimate of drug-likeness (QED) is 0.615. The number of carboxylic acids is 1. The molecule has 1 fully saturated rings. The third-order valence-electron chi connectivity index (χ3n) is 8.13. The predicted octanol–water partition coefficient (Wildman–Crippen LogP) is 4.70. The van der Waals surface area contributed by atoms with E-state index >= 15 is 0 Å². The van der Waals surface area contributed by atoms with Crippen molar-refractivity contribution in [3.8, 4) is 0 Å². The topological polar surface area (TPSA) is 72.9 Å². The molecule has 0 radical (unpaired) electrons. The number of piperazine rings is 1. The highest BCUT2D eigenvalue weighted by atomic mass is 16.4. The number of hydrogen-bond donors (Lipinski definition) is 2. The van der Waals surface area contributed by atoms with E-state index < -0.39 is 5.97 Å². The van der Waals surface area contributed by atoms with E-state index in [0.717, 1.165) is 49.4 Å². The van der Waals surface area contributed by atoms with Gasteiger partial charge < -0.3 is 20.2 Å². The number of hydrogen-bond acceptors (Lipinski definition) is 4. The molecule has 5 rings (SSSR count). The molecule has 1 amide bonds. The first-order valence-corrected chi connectivity index (χ1v) is 12.8. The zero-order chi connectivity index (χ0) is 25.5. The highest BCUT2D eigenvalue weighted by Gasteiger charge is 2.46. The van der Waals surface area contributed by atoms with Crippen LogP contribution in [0.25, 0.3) is 5.57 Å². The Morgan fingerprint density at radius 1 is 0.944 bits per heavy atom. The van der Waals surface area contributed by atoms with Crippen LogP contribution in [0, 0.1) is 10.8 Å². The van der Waals surface area contributed by atoms with Crippen molar-refractivity contribution in [3.05, 3.63) is 82.9 Å². The molecule has 0 aromatic heterocycles. The van der Waals surface area contributed by atoms with E-state index in [9.17, 15) is 14.7 Å². The largest absolute Gasteiger partial charge is 0.478 e. The second kappa shape index (κ2) is 9.25. The maximum Gasteiger partial charge on any atom is 0.335 e. The Hall–Kier alpha value is -3.38. The monoisotopic (exact) mass is 485 g/mol. The van der Waals surface area contributed by atoms with Crippen molar-refractivity contribution in [2.24, 2.45) is 10.8 Å². The van der Waals surface area contributed by atoms with Crippen molar-refractivity contribution in [2.45, 2.75) is 27.2 Å². The maximum atomic E-state index is 13.8. The summed E-state index contributed by atoms with van der Waals surface area (Å²) in [5, 5.41) is 12.6. The Balaban J connectivity index is 1.41. The average molecular weight is 486 g/mol. The van der Waals surface area contributed by atoms with E-state index in [2.05, 4.69) is 49.2 Å². The fourth-order valence-electron chi connectivity index (χ4n) is 6.36. The Bertz CT molecular complexity index is 1240. The van der Waals surface area contributed by atoms with Gasteiger partial charge in [0.1, 0.15) is 0 Å². The molecule has 1 aliphatic carbocycles. The number of benzene rings is 2. The standard InChI is InChI=1S/C30H35N3O3/c1-29(2)24(21-8-10-22(11-9-21)28(35)36)12-14-30(3)20-33(17-13-26(29)30)27(34)23-6-4-5-7-25(23)32-18-15-31-16-19-32/h4-13,31H,14-20H2,1-3H3,(H,35,36)/t30-/m1/s1. The van der Waals surface area contributed by atoms with Crippen LogP contribution in [-0.4, -0.2) is 61.2 Å². The maximum absolute atomic E-state index is 13.8. The Morgan fingerprint density at radius 3 is 2.33 bits per heavy atom. The number of amides is 1. The predicted molar refractivity (Wildman–Crippen MR) is 143 cm³/mol. The molecule has 2 aliphatic heterocycles. The molecule has 6 nitrogen and oxygen atoms in total. The van der Waals surface area contributed by atoms with Crippen molar-refractivity contribution in [1.82, 2.24) is 10.2 Å². The number of aromatic carboxylic acids is 1. The van der Waals surface area contributed by atoms with Crippen LogP contribution >= 0.6 is 0 Å². The fourth-order valence-corrected chi connectivity index (χ4v) is 6.36. The molecule has 0 bridgehead atoms. The zero-order valence-electron chi connectivity index (χ0n) is 21.4. The summed E-state index contributed by atoms with van der Waals surface area (Å²) < 4.78 is 0. The molecule has 188 valence electrons. The number of fused-ring (bicyclic) bond motifs is 1. The minimum absolute atomic E-state index is 0.0949. The molecule has 2 heterocycles. The van der Waals surface area contributed by atoms with Gasteiger partial charge in [-0.25, -0.2) is 4.79 Å². The zero-order valence-corrected chi connectivity index (χ0v) is 21.4. The molecule has 0 unspecified atom stereocenters. The lowest BCUT2D eigenvalue weighted by atomic mass is 9.58. The molecule has 6 heteroatoms.